The standard InChI is InChI=1S/C25H18INO4S/c1-16-2-8-19(9-3-16)24(29)31-21-12-6-17(7-13-21)14-22-23(28)27(25(30)32-22)15-18-4-10-20(26)11-5-18/h2-14H,15H2,1H3/b22-14-. The highest BCUT2D eigenvalue weighted by molar-refractivity contribution is 14.1. The average molecular weight is 555 g/mol. The van der Waals surface area contributed by atoms with Gasteiger partial charge >= 0.3 is 5.97 Å². The lowest BCUT2D eigenvalue weighted by Gasteiger charge is -2.12. The van der Waals surface area contributed by atoms with Gasteiger partial charge in [0.15, 0.2) is 0 Å². The molecule has 3 aromatic rings. The summed E-state index contributed by atoms with van der Waals surface area (Å²) in [6.45, 7) is 2.19. The van der Waals surface area contributed by atoms with E-state index in [1.54, 1.807) is 42.5 Å². The second-order valence-electron chi connectivity index (χ2n) is 7.22. The first-order chi connectivity index (χ1) is 15.4. The van der Waals surface area contributed by atoms with E-state index in [-0.39, 0.29) is 17.7 Å². The van der Waals surface area contributed by atoms with Crippen LogP contribution in [0.3, 0.4) is 0 Å². The topological polar surface area (TPSA) is 63.7 Å². The minimum atomic E-state index is -0.436. The van der Waals surface area contributed by atoms with Crippen molar-refractivity contribution in [1.29, 1.82) is 0 Å². The molecule has 0 N–H and O–H groups in total. The van der Waals surface area contributed by atoms with Crippen LogP contribution in [0.25, 0.3) is 6.08 Å². The molecule has 7 heteroatoms. The fourth-order valence-electron chi connectivity index (χ4n) is 3.05. The van der Waals surface area contributed by atoms with Crippen LogP contribution in [0.15, 0.2) is 77.7 Å². The predicted octanol–water partition coefficient (Wildman–Crippen LogP) is 6.06. The number of hydrogen-bond donors (Lipinski definition) is 0. The quantitative estimate of drug-likeness (QED) is 0.166. The molecule has 2 amide bonds. The second-order valence-corrected chi connectivity index (χ2v) is 9.46. The summed E-state index contributed by atoms with van der Waals surface area (Å²) in [4.78, 5) is 38.9. The van der Waals surface area contributed by atoms with E-state index in [0.717, 1.165) is 32.0 Å². The molecule has 0 aromatic heterocycles. The summed E-state index contributed by atoms with van der Waals surface area (Å²) >= 11 is 3.13. The number of carbonyl (C=O) groups excluding carboxylic acids is 3. The molecule has 5 nitrogen and oxygen atoms in total. The van der Waals surface area contributed by atoms with Gasteiger partial charge in [0.05, 0.1) is 17.0 Å². The van der Waals surface area contributed by atoms with E-state index >= 15 is 0 Å². The zero-order valence-corrected chi connectivity index (χ0v) is 20.1. The summed E-state index contributed by atoms with van der Waals surface area (Å²) in [7, 11) is 0. The van der Waals surface area contributed by atoms with Gasteiger partial charge in [0, 0.05) is 3.57 Å². The summed E-state index contributed by atoms with van der Waals surface area (Å²) in [6.07, 6.45) is 1.67. The Balaban J connectivity index is 1.42. The van der Waals surface area contributed by atoms with Gasteiger partial charge in [-0.25, -0.2) is 4.79 Å². The van der Waals surface area contributed by atoms with E-state index in [9.17, 15) is 14.4 Å². The molecule has 3 aromatic carbocycles. The van der Waals surface area contributed by atoms with Crippen LogP contribution in [-0.4, -0.2) is 22.0 Å². The first kappa shape index (κ1) is 22.3. The van der Waals surface area contributed by atoms with E-state index < -0.39 is 5.97 Å². The van der Waals surface area contributed by atoms with Crippen molar-refractivity contribution in [3.8, 4) is 5.75 Å². The monoisotopic (exact) mass is 555 g/mol. The van der Waals surface area contributed by atoms with Gasteiger partial charge in [0.2, 0.25) is 0 Å². The van der Waals surface area contributed by atoms with Crippen LogP contribution in [0, 0.1) is 10.5 Å². The van der Waals surface area contributed by atoms with Gasteiger partial charge in [0.1, 0.15) is 5.75 Å². The lowest BCUT2D eigenvalue weighted by molar-refractivity contribution is -0.123. The molecule has 0 aliphatic carbocycles. The number of halogens is 1. The third-order valence-electron chi connectivity index (χ3n) is 4.80. The molecule has 0 spiro atoms. The Bertz CT molecular complexity index is 1200. The summed E-state index contributed by atoms with van der Waals surface area (Å²) in [5, 5.41) is -0.288. The number of nitrogens with zero attached hydrogens (tertiary/aromatic N) is 1. The molecule has 1 fully saturated rings. The van der Waals surface area contributed by atoms with Crippen molar-refractivity contribution in [3.63, 3.8) is 0 Å². The zero-order chi connectivity index (χ0) is 22.7. The highest BCUT2D eigenvalue weighted by Gasteiger charge is 2.34. The molecule has 1 heterocycles. The maximum Gasteiger partial charge on any atom is 0.343 e. The normalized spacial score (nSPS) is 14.8. The molecule has 0 bridgehead atoms. The number of carbonyl (C=O) groups is 3. The highest BCUT2D eigenvalue weighted by Crippen LogP contribution is 2.33. The number of thioether (sulfide) groups is 1. The van der Waals surface area contributed by atoms with Gasteiger partial charge in [-0.3, -0.25) is 14.5 Å². The number of rotatable bonds is 5. The van der Waals surface area contributed by atoms with Crippen molar-refractivity contribution < 1.29 is 19.1 Å². The molecule has 4 rings (SSSR count). The fourth-order valence-corrected chi connectivity index (χ4v) is 4.25. The predicted molar refractivity (Wildman–Crippen MR) is 133 cm³/mol. The Kier molecular flexibility index (Phi) is 6.76. The van der Waals surface area contributed by atoms with Crippen LogP contribution in [0.2, 0.25) is 0 Å². The molecule has 1 aliphatic rings. The number of hydrogen-bond acceptors (Lipinski definition) is 5. The van der Waals surface area contributed by atoms with E-state index in [4.69, 9.17) is 4.74 Å². The smallest absolute Gasteiger partial charge is 0.343 e. The Labute approximate surface area is 203 Å². The van der Waals surface area contributed by atoms with Crippen LogP contribution >= 0.6 is 34.4 Å². The molecule has 0 unspecified atom stereocenters. The summed E-state index contributed by atoms with van der Waals surface area (Å²) in [5.41, 5.74) is 3.17. The number of imide groups is 1. The van der Waals surface area contributed by atoms with Crippen molar-refractivity contribution in [2.75, 3.05) is 0 Å². The van der Waals surface area contributed by atoms with E-state index in [1.807, 2.05) is 43.3 Å². The molecular formula is C25H18INO4S. The molecular weight excluding hydrogens is 537 g/mol. The van der Waals surface area contributed by atoms with Crippen LogP contribution < -0.4 is 4.74 Å². The van der Waals surface area contributed by atoms with Crippen molar-refractivity contribution in [1.82, 2.24) is 4.90 Å². The van der Waals surface area contributed by atoms with Crippen molar-refractivity contribution in [2.24, 2.45) is 0 Å². The average Bonchev–Trinajstić information content (AvgIpc) is 3.04. The third kappa shape index (κ3) is 5.28. The van der Waals surface area contributed by atoms with Gasteiger partial charge in [-0.05, 0) is 94.9 Å². The summed E-state index contributed by atoms with van der Waals surface area (Å²) < 4.78 is 6.49. The van der Waals surface area contributed by atoms with Gasteiger partial charge < -0.3 is 4.74 Å². The van der Waals surface area contributed by atoms with Crippen LogP contribution in [-0.2, 0) is 11.3 Å². The van der Waals surface area contributed by atoms with Crippen molar-refractivity contribution >= 4 is 57.5 Å². The fraction of sp³-hybridized carbons (Fsp3) is 0.0800. The maximum atomic E-state index is 12.7. The molecule has 160 valence electrons. The highest BCUT2D eigenvalue weighted by atomic mass is 127. The second kappa shape index (κ2) is 9.70. The summed E-state index contributed by atoms with van der Waals surface area (Å²) in [5.74, 6) is -0.345. The number of esters is 1. The Hall–Kier alpha value is -2.91. The molecule has 0 saturated carbocycles. The maximum absolute atomic E-state index is 12.7. The van der Waals surface area contributed by atoms with Crippen molar-refractivity contribution in [2.45, 2.75) is 13.5 Å². The van der Waals surface area contributed by atoms with Crippen molar-refractivity contribution in [3.05, 3.63) is 104 Å². The van der Waals surface area contributed by atoms with Gasteiger partial charge in [-0.2, -0.15) is 0 Å². The van der Waals surface area contributed by atoms with Crippen LogP contribution in [0.5, 0.6) is 5.75 Å². The molecule has 0 atom stereocenters. The Morgan fingerprint density at radius 1 is 0.969 bits per heavy atom. The number of benzene rings is 3. The number of aryl methyl sites for hydroxylation is 1. The lowest BCUT2D eigenvalue weighted by Crippen LogP contribution is -2.27. The van der Waals surface area contributed by atoms with Crippen LogP contribution in [0.1, 0.15) is 27.0 Å². The van der Waals surface area contributed by atoms with Crippen LogP contribution in [0.4, 0.5) is 4.79 Å². The number of ether oxygens (including phenoxy) is 1. The lowest BCUT2D eigenvalue weighted by atomic mass is 10.1. The molecule has 0 radical (unpaired) electrons. The zero-order valence-electron chi connectivity index (χ0n) is 17.1. The minimum absolute atomic E-state index is 0.243. The SMILES string of the molecule is Cc1ccc(C(=O)Oc2ccc(/C=C3\SC(=O)N(Cc4ccc(I)cc4)C3=O)cc2)cc1. The molecule has 1 aliphatic heterocycles. The largest absolute Gasteiger partial charge is 0.423 e. The first-order valence-corrected chi connectivity index (χ1v) is 11.7. The minimum Gasteiger partial charge on any atom is -0.423 e. The Morgan fingerprint density at radius 3 is 2.28 bits per heavy atom. The third-order valence-corrected chi connectivity index (χ3v) is 6.43. The van der Waals surface area contributed by atoms with E-state index in [1.165, 1.54) is 4.90 Å². The van der Waals surface area contributed by atoms with Gasteiger partial charge in [0.25, 0.3) is 11.1 Å². The molecule has 1 saturated heterocycles. The van der Waals surface area contributed by atoms with Gasteiger partial charge in [-0.15, -0.1) is 0 Å². The Morgan fingerprint density at radius 2 is 1.62 bits per heavy atom. The first-order valence-electron chi connectivity index (χ1n) is 9.78. The number of amides is 2. The van der Waals surface area contributed by atoms with E-state index in [2.05, 4.69) is 22.6 Å². The summed E-state index contributed by atoms with van der Waals surface area (Å²) in [6, 6.07) is 21.6. The van der Waals surface area contributed by atoms with E-state index in [0.29, 0.717) is 16.2 Å². The van der Waals surface area contributed by atoms with Gasteiger partial charge in [-0.1, -0.05) is 42.0 Å². The molecule has 32 heavy (non-hydrogen) atoms.